The maximum atomic E-state index is 3.68. The van der Waals surface area contributed by atoms with E-state index in [1.54, 1.807) is 0 Å². The summed E-state index contributed by atoms with van der Waals surface area (Å²) in [5.74, 6) is 0. The van der Waals surface area contributed by atoms with Gasteiger partial charge in [0.1, 0.15) is 0 Å². The molecule has 0 amide bonds. The minimum atomic E-state index is 1.20. The second-order valence-electron chi connectivity index (χ2n) is 2.49. The van der Waals surface area contributed by atoms with E-state index in [1.807, 2.05) is 6.08 Å². The Balaban J connectivity index is 0. The van der Waals surface area contributed by atoms with Crippen LogP contribution in [-0.4, -0.2) is 0 Å². The molecule has 0 aromatic carbocycles. The van der Waals surface area contributed by atoms with E-state index in [2.05, 4.69) is 26.7 Å². The van der Waals surface area contributed by atoms with Gasteiger partial charge >= 0.3 is 0 Å². The zero-order chi connectivity index (χ0) is 8.95. The molecule has 0 unspecified atom stereocenters. The van der Waals surface area contributed by atoms with Crippen LogP contribution >= 0.6 is 0 Å². The second kappa shape index (κ2) is 16.2. The van der Waals surface area contributed by atoms with Crippen LogP contribution < -0.4 is 0 Å². The van der Waals surface area contributed by atoms with Crippen LogP contribution in [0.2, 0.25) is 0 Å². The van der Waals surface area contributed by atoms with E-state index in [1.165, 1.54) is 38.5 Å². The first kappa shape index (κ1) is 13.1. The molecule has 0 aromatic rings. The van der Waals surface area contributed by atoms with Crippen LogP contribution in [0, 0.1) is 0 Å². The van der Waals surface area contributed by atoms with Crippen LogP contribution in [0.5, 0.6) is 0 Å². The molecule has 0 aliphatic carbocycles. The van der Waals surface area contributed by atoms with Crippen molar-refractivity contribution in [3.8, 4) is 0 Å². The number of hydrogen-bond acceptors (Lipinski definition) is 0. The fourth-order valence-corrected chi connectivity index (χ4v) is 0.892. The van der Waals surface area contributed by atoms with Crippen molar-refractivity contribution in [2.24, 2.45) is 0 Å². The predicted octanol–water partition coefficient (Wildman–Crippen LogP) is 4.34. The quantitative estimate of drug-likeness (QED) is 0.394. The Morgan fingerprint density at radius 2 is 1.55 bits per heavy atom. The molecule has 0 rings (SSSR count). The molecule has 11 heavy (non-hydrogen) atoms. The summed E-state index contributed by atoms with van der Waals surface area (Å²) in [6.45, 7) is 11.9. The smallest absolute Gasteiger partial charge is 0.0353 e. The van der Waals surface area contributed by atoms with Crippen molar-refractivity contribution in [1.82, 2.24) is 0 Å². The van der Waals surface area contributed by atoms with Crippen molar-refractivity contribution >= 4 is 0 Å². The molecule has 0 aromatic heterocycles. The second-order valence-corrected chi connectivity index (χ2v) is 2.49. The Labute approximate surface area is 72.0 Å². The zero-order valence-corrected chi connectivity index (χ0v) is 7.94. The standard InChI is InChI=1S/C9H18.C2H4/c1-3-5-7-9-8-6-4-2;1-2/h3H,1,4-9H2,2H3;1-2H2. The first-order chi connectivity index (χ1) is 5.41. The SMILES string of the molecule is C=C.C=CCCCCCCC. The summed E-state index contributed by atoms with van der Waals surface area (Å²) in [5, 5.41) is 0. The molecule has 0 nitrogen and oxygen atoms in total. The van der Waals surface area contributed by atoms with Gasteiger partial charge in [0.25, 0.3) is 0 Å². The molecule has 0 spiro atoms. The third-order valence-electron chi connectivity index (χ3n) is 1.51. The summed E-state index contributed by atoms with van der Waals surface area (Å²) in [6.07, 6.45) is 10.1. The van der Waals surface area contributed by atoms with E-state index < -0.39 is 0 Å². The monoisotopic (exact) mass is 154 g/mol. The first-order valence-corrected chi connectivity index (χ1v) is 4.52. The van der Waals surface area contributed by atoms with E-state index in [-0.39, 0.29) is 0 Å². The van der Waals surface area contributed by atoms with Gasteiger partial charge in [-0.3, -0.25) is 0 Å². The average molecular weight is 154 g/mol. The van der Waals surface area contributed by atoms with Crippen molar-refractivity contribution in [2.75, 3.05) is 0 Å². The molecule has 0 heteroatoms. The van der Waals surface area contributed by atoms with E-state index in [4.69, 9.17) is 0 Å². The lowest BCUT2D eigenvalue weighted by atomic mass is 10.1. The highest BCUT2D eigenvalue weighted by atomic mass is 13.9. The third kappa shape index (κ3) is 17.7. The molecular weight excluding hydrogens is 132 g/mol. The van der Waals surface area contributed by atoms with E-state index in [0.717, 1.165) is 0 Å². The molecule has 0 saturated carbocycles. The number of unbranched alkanes of at least 4 members (excludes halogenated alkanes) is 5. The third-order valence-corrected chi connectivity index (χ3v) is 1.51. The lowest BCUT2D eigenvalue weighted by molar-refractivity contribution is 0.638. The van der Waals surface area contributed by atoms with E-state index in [9.17, 15) is 0 Å². The van der Waals surface area contributed by atoms with E-state index in [0.29, 0.717) is 0 Å². The van der Waals surface area contributed by atoms with Gasteiger partial charge in [0.2, 0.25) is 0 Å². The maximum absolute atomic E-state index is 3.68. The molecule has 0 atom stereocenters. The van der Waals surface area contributed by atoms with Gasteiger partial charge in [0.05, 0.1) is 0 Å². The topological polar surface area (TPSA) is 0 Å². The molecule has 0 bridgehead atoms. The zero-order valence-electron chi connectivity index (χ0n) is 7.94. The van der Waals surface area contributed by atoms with Crippen molar-refractivity contribution in [2.45, 2.75) is 45.4 Å². The molecule has 0 heterocycles. The molecule has 0 saturated heterocycles. The Hall–Kier alpha value is -0.520. The van der Waals surface area contributed by atoms with Crippen LogP contribution in [-0.2, 0) is 0 Å². The van der Waals surface area contributed by atoms with Gasteiger partial charge in [0.15, 0.2) is 0 Å². The van der Waals surface area contributed by atoms with Crippen LogP contribution in [0.3, 0.4) is 0 Å². The molecule has 0 fully saturated rings. The molecular formula is C11H22. The van der Waals surface area contributed by atoms with Crippen molar-refractivity contribution in [3.63, 3.8) is 0 Å². The number of allylic oxidation sites excluding steroid dienone is 1. The summed E-state index contributed by atoms with van der Waals surface area (Å²) in [5.41, 5.74) is 0. The molecule has 66 valence electrons. The highest BCUT2D eigenvalue weighted by Gasteiger charge is 1.84. The van der Waals surface area contributed by atoms with Gasteiger partial charge in [-0.1, -0.05) is 38.7 Å². The summed E-state index contributed by atoms with van der Waals surface area (Å²) in [6, 6.07) is 0. The normalized spacial score (nSPS) is 8.09. The van der Waals surface area contributed by atoms with Crippen LogP contribution in [0.4, 0.5) is 0 Å². The Morgan fingerprint density at radius 3 is 2.00 bits per heavy atom. The van der Waals surface area contributed by atoms with Gasteiger partial charge in [-0.2, -0.15) is 0 Å². The Kier molecular flexibility index (Phi) is 19.3. The molecule has 0 radical (unpaired) electrons. The molecule has 0 N–H and O–H groups in total. The summed E-state index contributed by atoms with van der Waals surface area (Å²) < 4.78 is 0. The van der Waals surface area contributed by atoms with Gasteiger partial charge in [-0.05, 0) is 12.8 Å². The average Bonchev–Trinajstić information content (AvgIpc) is 2.08. The van der Waals surface area contributed by atoms with Crippen LogP contribution in [0.15, 0.2) is 25.8 Å². The van der Waals surface area contributed by atoms with Crippen molar-refractivity contribution in [3.05, 3.63) is 25.8 Å². The fourth-order valence-electron chi connectivity index (χ4n) is 0.892. The summed E-state index contributed by atoms with van der Waals surface area (Å²) in [7, 11) is 0. The summed E-state index contributed by atoms with van der Waals surface area (Å²) in [4.78, 5) is 0. The van der Waals surface area contributed by atoms with Gasteiger partial charge < -0.3 is 0 Å². The van der Waals surface area contributed by atoms with Crippen molar-refractivity contribution in [1.29, 1.82) is 0 Å². The largest absolute Gasteiger partial charge is 0.106 e. The number of hydrogen-bond donors (Lipinski definition) is 0. The minimum absolute atomic E-state index is 1.20. The highest BCUT2D eigenvalue weighted by molar-refractivity contribution is 4.65. The molecule has 0 aliphatic rings. The predicted molar refractivity (Wildman–Crippen MR) is 54.8 cm³/mol. The lowest BCUT2D eigenvalue weighted by Crippen LogP contribution is -1.74. The van der Waals surface area contributed by atoms with E-state index >= 15 is 0 Å². The number of rotatable bonds is 6. The maximum Gasteiger partial charge on any atom is -0.0353 e. The minimum Gasteiger partial charge on any atom is -0.106 e. The van der Waals surface area contributed by atoms with Crippen molar-refractivity contribution < 1.29 is 0 Å². The Bertz CT molecular complexity index is 64.4. The lowest BCUT2D eigenvalue weighted by Gasteiger charge is -1.94. The van der Waals surface area contributed by atoms with Crippen LogP contribution in [0.25, 0.3) is 0 Å². The van der Waals surface area contributed by atoms with Crippen LogP contribution in [0.1, 0.15) is 45.4 Å². The van der Waals surface area contributed by atoms with Gasteiger partial charge in [-0.15, -0.1) is 19.7 Å². The van der Waals surface area contributed by atoms with Gasteiger partial charge in [-0.25, -0.2) is 0 Å². The first-order valence-electron chi connectivity index (χ1n) is 4.52. The molecule has 0 aliphatic heterocycles. The van der Waals surface area contributed by atoms with Gasteiger partial charge in [0, 0.05) is 0 Å². The fraction of sp³-hybridized carbons (Fsp3) is 0.636. The highest BCUT2D eigenvalue weighted by Crippen LogP contribution is 2.04. The summed E-state index contributed by atoms with van der Waals surface area (Å²) >= 11 is 0. The Morgan fingerprint density at radius 1 is 1.00 bits per heavy atom.